The van der Waals surface area contributed by atoms with Gasteiger partial charge in [0.15, 0.2) is 0 Å². The summed E-state index contributed by atoms with van der Waals surface area (Å²) in [6, 6.07) is 10.0. The normalized spacial score (nSPS) is 15.0. The van der Waals surface area contributed by atoms with Crippen molar-refractivity contribution in [3.8, 4) is 11.1 Å². The molecule has 2 amide bonds. The summed E-state index contributed by atoms with van der Waals surface area (Å²) in [4.78, 5) is 12.1. The van der Waals surface area contributed by atoms with E-state index in [2.05, 4.69) is 10.6 Å². The highest BCUT2D eigenvalue weighted by molar-refractivity contribution is 5.94. The molecule has 0 aromatic heterocycles. The lowest BCUT2D eigenvalue weighted by molar-refractivity contribution is 0.206. The van der Waals surface area contributed by atoms with E-state index in [1.54, 1.807) is 30.3 Å². The second-order valence-electron chi connectivity index (χ2n) is 6.14. The van der Waals surface area contributed by atoms with Crippen LogP contribution in [-0.2, 0) is 0 Å². The smallest absolute Gasteiger partial charge is 0.319 e. The Labute approximate surface area is 138 Å². The number of anilines is 1. The maximum absolute atomic E-state index is 14.2. The summed E-state index contributed by atoms with van der Waals surface area (Å²) in [5.74, 6) is -1.55. The monoisotopic (exact) mass is 332 g/mol. The number of carbonyl (C=O) groups excluding carboxylic acids is 1. The van der Waals surface area contributed by atoms with Crippen LogP contribution in [-0.4, -0.2) is 24.3 Å². The Balaban J connectivity index is 1.80. The molecular weight excluding hydrogens is 314 g/mol. The van der Waals surface area contributed by atoms with E-state index in [-0.39, 0.29) is 23.3 Å². The lowest BCUT2D eigenvalue weighted by atomic mass is 10.0. The first-order valence-corrected chi connectivity index (χ1v) is 7.73. The van der Waals surface area contributed by atoms with E-state index in [0.717, 1.165) is 18.9 Å². The Morgan fingerprint density at radius 3 is 2.50 bits per heavy atom. The van der Waals surface area contributed by atoms with Gasteiger partial charge >= 0.3 is 6.03 Å². The van der Waals surface area contributed by atoms with E-state index in [1.165, 1.54) is 6.07 Å². The molecule has 1 fully saturated rings. The number of benzene rings is 2. The first kappa shape index (κ1) is 16.4. The Hall–Kier alpha value is -2.47. The van der Waals surface area contributed by atoms with Crippen molar-refractivity contribution in [2.75, 3.05) is 18.5 Å². The highest BCUT2D eigenvalue weighted by atomic mass is 19.1. The summed E-state index contributed by atoms with van der Waals surface area (Å²) in [7, 11) is 0. The van der Waals surface area contributed by atoms with E-state index in [0.29, 0.717) is 12.1 Å². The summed E-state index contributed by atoms with van der Waals surface area (Å²) in [5.41, 5.74) is 0.543. The number of hydrogen-bond acceptors (Lipinski definition) is 2. The summed E-state index contributed by atoms with van der Waals surface area (Å²) >= 11 is 0. The first-order chi connectivity index (χ1) is 11.5. The number of aliphatic hydroxyl groups is 1. The van der Waals surface area contributed by atoms with Gasteiger partial charge < -0.3 is 15.7 Å². The number of carbonyl (C=O) groups is 1. The van der Waals surface area contributed by atoms with Gasteiger partial charge in [0, 0.05) is 23.6 Å². The number of nitrogens with one attached hydrogen (secondary N) is 2. The van der Waals surface area contributed by atoms with Gasteiger partial charge in [0.05, 0.1) is 12.3 Å². The van der Waals surface area contributed by atoms with Crippen LogP contribution in [0.5, 0.6) is 0 Å². The van der Waals surface area contributed by atoms with Crippen molar-refractivity contribution in [1.82, 2.24) is 5.32 Å². The van der Waals surface area contributed by atoms with Crippen molar-refractivity contribution in [3.63, 3.8) is 0 Å². The summed E-state index contributed by atoms with van der Waals surface area (Å²) in [5, 5.41) is 14.3. The molecule has 1 aliphatic rings. The van der Waals surface area contributed by atoms with E-state index >= 15 is 0 Å². The Morgan fingerprint density at radius 1 is 1.17 bits per heavy atom. The Bertz CT molecular complexity index is 746. The van der Waals surface area contributed by atoms with E-state index < -0.39 is 17.7 Å². The highest BCUT2D eigenvalue weighted by Gasteiger charge is 2.42. The number of aliphatic hydroxyl groups excluding tert-OH is 1. The molecule has 3 N–H and O–H groups in total. The fourth-order valence-electron chi connectivity index (χ4n) is 2.54. The van der Waals surface area contributed by atoms with Crippen LogP contribution in [0.4, 0.5) is 19.3 Å². The van der Waals surface area contributed by atoms with Crippen LogP contribution < -0.4 is 10.6 Å². The third kappa shape index (κ3) is 3.54. The van der Waals surface area contributed by atoms with E-state index in [4.69, 9.17) is 0 Å². The van der Waals surface area contributed by atoms with Crippen molar-refractivity contribution in [3.05, 3.63) is 54.1 Å². The predicted molar refractivity (Wildman–Crippen MR) is 87.6 cm³/mol. The Kier molecular flexibility index (Phi) is 4.49. The molecule has 1 saturated carbocycles. The number of amides is 2. The maximum atomic E-state index is 14.2. The SMILES string of the molecule is O=C(NCC1(CO)CC1)Nc1c(F)cc(F)cc1-c1ccccc1. The van der Waals surface area contributed by atoms with Crippen molar-refractivity contribution >= 4 is 11.7 Å². The van der Waals surface area contributed by atoms with Gasteiger partial charge in [-0.15, -0.1) is 0 Å². The molecule has 0 unspecified atom stereocenters. The molecule has 0 bridgehead atoms. The number of rotatable bonds is 5. The fourth-order valence-corrected chi connectivity index (χ4v) is 2.54. The quantitative estimate of drug-likeness (QED) is 0.784. The molecule has 0 saturated heterocycles. The highest BCUT2D eigenvalue weighted by Crippen LogP contribution is 2.44. The molecule has 3 rings (SSSR count). The van der Waals surface area contributed by atoms with Gasteiger partial charge in [-0.3, -0.25) is 0 Å². The van der Waals surface area contributed by atoms with E-state index in [9.17, 15) is 18.7 Å². The van der Waals surface area contributed by atoms with Crippen molar-refractivity contribution in [2.45, 2.75) is 12.8 Å². The molecule has 1 aliphatic carbocycles. The summed E-state index contributed by atoms with van der Waals surface area (Å²) in [6.07, 6.45) is 1.70. The Morgan fingerprint density at radius 2 is 1.88 bits per heavy atom. The molecule has 24 heavy (non-hydrogen) atoms. The molecule has 4 nitrogen and oxygen atoms in total. The van der Waals surface area contributed by atoms with Gasteiger partial charge in [0.2, 0.25) is 0 Å². The zero-order chi connectivity index (χ0) is 17.2. The topological polar surface area (TPSA) is 61.4 Å². The fraction of sp³-hybridized carbons (Fsp3) is 0.278. The van der Waals surface area contributed by atoms with Gasteiger partial charge in [-0.05, 0) is 24.5 Å². The average molecular weight is 332 g/mol. The van der Waals surface area contributed by atoms with Crippen molar-refractivity contribution < 1.29 is 18.7 Å². The van der Waals surface area contributed by atoms with Crippen LogP contribution in [0.3, 0.4) is 0 Å². The van der Waals surface area contributed by atoms with Gasteiger partial charge in [0.25, 0.3) is 0 Å². The molecule has 2 aromatic carbocycles. The third-order valence-electron chi connectivity index (χ3n) is 4.29. The van der Waals surface area contributed by atoms with Gasteiger partial charge in [-0.1, -0.05) is 30.3 Å². The van der Waals surface area contributed by atoms with E-state index in [1.807, 2.05) is 0 Å². The number of hydrogen-bond donors (Lipinski definition) is 3. The second kappa shape index (κ2) is 6.57. The minimum Gasteiger partial charge on any atom is -0.396 e. The molecule has 0 radical (unpaired) electrons. The zero-order valence-corrected chi connectivity index (χ0v) is 13.0. The van der Waals surface area contributed by atoms with Crippen LogP contribution in [0, 0.1) is 17.0 Å². The molecule has 0 heterocycles. The first-order valence-electron chi connectivity index (χ1n) is 7.73. The standard InChI is InChI=1S/C18H18F2N2O2/c19-13-8-14(12-4-2-1-3-5-12)16(15(20)9-13)22-17(24)21-10-18(11-23)6-7-18/h1-5,8-9,23H,6-7,10-11H2,(H2,21,22,24). The minimum atomic E-state index is -0.840. The average Bonchev–Trinajstić information content (AvgIpc) is 3.37. The van der Waals surface area contributed by atoms with Crippen molar-refractivity contribution in [1.29, 1.82) is 0 Å². The maximum Gasteiger partial charge on any atom is 0.319 e. The van der Waals surface area contributed by atoms with Gasteiger partial charge in [-0.2, -0.15) is 0 Å². The van der Waals surface area contributed by atoms with Crippen LogP contribution in [0.1, 0.15) is 12.8 Å². The number of urea groups is 1. The second-order valence-corrected chi connectivity index (χ2v) is 6.14. The summed E-state index contributed by atoms with van der Waals surface area (Å²) in [6.45, 7) is 0.326. The molecule has 126 valence electrons. The zero-order valence-electron chi connectivity index (χ0n) is 13.0. The van der Waals surface area contributed by atoms with Crippen LogP contribution in [0.25, 0.3) is 11.1 Å². The largest absolute Gasteiger partial charge is 0.396 e. The molecule has 0 spiro atoms. The third-order valence-corrected chi connectivity index (χ3v) is 4.29. The lowest BCUT2D eigenvalue weighted by Gasteiger charge is -2.16. The molecule has 2 aromatic rings. The van der Waals surface area contributed by atoms with Crippen LogP contribution in [0.2, 0.25) is 0 Å². The van der Waals surface area contributed by atoms with Crippen LogP contribution in [0.15, 0.2) is 42.5 Å². The summed E-state index contributed by atoms with van der Waals surface area (Å²) < 4.78 is 27.8. The molecular formula is C18H18F2N2O2. The molecule has 0 aliphatic heterocycles. The van der Waals surface area contributed by atoms with Gasteiger partial charge in [-0.25, -0.2) is 13.6 Å². The van der Waals surface area contributed by atoms with Crippen LogP contribution >= 0.6 is 0 Å². The predicted octanol–water partition coefficient (Wildman–Crippen LogP) is 3.53. The minimum absolute atomic E-state index is 0.00740. The number of halogens is 2. The van der Waals surface area contributed by atoms with Gasteiger partial charge in [0.1, 0.15) is 11.6 Å². The van der Waals surface area contributed by atoms with Crippen molar-refractivity contribution in [2.24, 2.45) is 5.41 Å². The lowest BCUT2D eigenvalue weighted by Crippen LogP contribution is -2.35. The molecule has 6 heteroatoms. The molecule has 0 atom stereocenters.